The Morgan fingerprint density at radius 3 is 2.80 bits per heavy atom. The van der Waals surface area contributed by atoms with Crippen LogP contribution in [0.1, 0.15) is 11.1 Å². The second-order valence-corrected chi connectivity index (χ2v) is 6.21. The molecule has 0 aliphatic heterocycles. The first-order valence-electron chi connectivity index (χ1n) is 6.39. The van der Waals surface area contributed by atoms with E-state index in [-0.39, 0.29) is 12.5 Å². The van der Waals surface area contributed by atoms with E-state index in [1.165, 1.54) is 11.8 Å². The number of rotatable bonds is 8. The Labute approximate surface area is 132 Å². The minimum absolute atomic E-state index is 0.00595. The molecule has 0 saturated heterocycles. The number of carbonyl (C=O) groups is 1. The molecule has 0 saturated carbocycles. The molecule has 0 fully saturated rings. The molecular weight excluding hydrogens is 342 g/mol. The molecule has 1 aromatic rings. The summed E-state index contributed by atoms with van der Waals surface area (Å²) in [5.74, 6) is 0.379. The van der Waals surface area contributed by atoms with E-state index in [1.54, 1.807) is 0 Å². The molecule has 0 aliphatic rings. The van der Waals surface area contributed by atoms with E-state index in [2.05, 4.69) is 33.4 Å². The topological polar surface area (TPSA) is 58.6 Å². The van der Waals surface area contributed by atoms with Crippen molar-refractivity contribution < 1.29 is 14.6 Å². The third-order valence-electron chi connectivity index (χ3n) is 2.62. The van der Waals surface area contributed by atoms with Gasteiger partial charge in [0, 0.05) is 15.9 Å². The van der Waals surface area contributed by atoms with Crippen LogP contribution in [0, 0.1) is 13.8 Å². The molecule has 0 aliphatic carbocycles. The van der Waals surface area contributed by atoms with Gasteiger partial charge in [0.25, 0.3) is 0 Å². The fourth-order valence-corrected chi connectivity index (χ4v) is 2.93. The van der Waals surface area contributed by atoms with Gasteiger partial charge >= 0.3 is 0 Å². The summed E-state index contributed by atoms with van der Waals surface area (Å²) in [4.78, 5) is 12.8. The first-order valence-corrected chi connectivity index (χ1v) is 8.17. The number of aliphatic hydroxyl groups excluding tert-OH is 1. The highest BCUT2D eigenvalue weighted by Gasteiger charge is 2.06. The molecule has 0 bridgehead atoms. The highest BCUT2D eigenvalue weighted by Crippen LogP contribution is 2.28. The van der Waals surface area contributed by atoms with Crippen LogP contribution in [0.2, 0.25) is 0 Å². The third-order valence-corrected chi connectivity index (χ3v) is 4.63. The predicted molar refractivity (Wildman–Crippen MR) is 85.3 cm³/mol. The Bertz CT molecular complexity index is 454. The molecule has 4 nitrogen and oxygen atoms in total. The Morgan fingerprint density at radius 2 is 2.10 bits per heavy atom. The van der Waals surface area contributed by atoms with Crippen LogP contribution in [0.4, 0.5) is 0 Å². The lowest BCUT2D eigenvalue weighted by Gasteiger charge is -2.09. The quantitative estimate of drug-likeness (QED) is 0.550. The second kappa shape index (κ2) is 9.39. The molecule has 0 atom stereocenters. The molecule has 112 valence electrons. The molecule has 0 heterocycles. The number of aryl methyl sites for hydroxylation is 2. The van der Waals surface area contributed by atoms with Crippen LogP contribution < -0.4 is 5.32 Å². The normalized spacial score (nSPS) is 10.6. The number of hydrogen-bond acceptors (Lipinski definition) is 4. The van der Waals surface area contributed by atoms with Gasteiger partial charge in [-0.15, -0.1) is 11.8 Å². The lowest BCUT2D eigenvalue weighted by atomic mass is 10.2. The van der Waals surface area contributed by atoms with Gasteiger partial charge < -0.3 is 15.2 Å². The maximum Gasteiger partial charge on any atom is 0.230 e. The number of thioether (sulfide) groups is 1. The highest BCUT2D eigenvalue weighted by molar-refractivity contribution is 9.10. The Kier molecular flexibility index (Phi) is 8.21. The molecule has 1 rings (SSSR count). The maximum atomic E-state index is 11.7. The van der Waals surface area contributed by atoms with Crippen molar-refractivity contribution in [1.29, 1.82) is 0 Å². The molecule has 1 amide bonds. The summed E-state index contributed by atoms with van der Waals surface area (Å²) < 4.78 is 6.16. The van der Waals surface area contributed by atoms with Crippen LogP contribution in [0.25, 0.3) is 0 Å². The van der Waals surface area contributed by atoms with Crippen molar-refractivity contribution in [3.05, 3.63) is 27.7 Å². The van der Waals surface area contributed by atoms with Gasteiger partial charge in [-0.2, -0.15) is 0 Å². The van der Waals surface area contributed by atoms with E-state index >= 15 is 0 Å². The van der Waals surface area contributed by atoms with E-state index < -0.39 is 0 Å². The lowest BCUT2D eigenvalue weighted by Crippen LogP contribution is -2.29. The summed E-state index contributed by atoms with van der Waals surface area (Å²) in [5, 5.41) is 11.3. The highest BCUT2D eigenvalue weighted by atomic mass is 79.9. The van der Waals surface area contributed by atoms with Crippen molar-refractivity contribution >= 4 is 33.6 Å². The van der Waals surface area contributed by atoms with Crippen LogP contribution in [0.5, 0.6) is 0 Å². The van der Waals surface area contributed by atoms with Gasteiger partial charge in [0.1, 0.15) is 0 Å². The monoisotopic (exact) mass is 361 g/mol. The minimum Gasteiger partial charge on any atom is -0.394 e. The van der Waals surface area contributed by atoms with Crippen molar-refractivity contribution in [3.63, 3.8) is 0 Å². The zero-order chi connectivity index (χ0) is 15.0. The summed E-state index contributed by atoms with van der Waals surface area (Å²) in [6.07, 6.45) is 0. The first-order chi connectivity index (χ1) is 9.54. The maximum absolute atomic E-state index is 11.7. The lowest BCUT2D eigenvalue weighted by molar-refractivity contribution is -0.118. The van der Waals surface area contributed by atoms with Crippen molar-refractivity contribution in [2.45, 2.75) is 18.7 Å². The summed E-state index contributed by atoms with van der Waals surface area (Å²) >= 11 is 5.03. The second-order valence-electron chi connectivity index (χ2n) is 4.34. The van der Waals surface area contributed by atoms with Crippen molar-refractivity contribution in [1.82, 2.24) is 5.32 Å². The van der Waals surface area contributed by atoms with Gasteiger partial charge in [0.15, 0.2) is 0 Å². The Morgan fingerprint density at radius 1 is 1.35 bits per heavy atom. The van der Waals surface area contributed by atoms with Gasteiger partial charge in [0.05, 0.1) is 25.6 Å². The van der Waals surface area contributed by atoms with Gasteiger partial charge in [-0.3, -0.25) is 4.79 Å². The first kappa shape index (κ1) is 17.5. The molecule has 0 spiro atoms. The van der Waals surface area contributed by atoms with Crippen molar-refractivity contribution in [2.75, 3.05) is 32.1 Å². The standard InChI is InChI=1S/C14H20BrNO3S/c1-10-8-13(11(2)7-12(10)15)20-9-14(18)16-3-5-19-6-4-17/h7-8,17H,3-6,9H2,1-2H3,(H,16,18). The van der Waals surface area contributed by atoms with Gasteiger partial charge in [-0.05, 0) is 37.1 Å². The number of ether oxygens (including phenoxy) is 1. The van der Waals surface area contributed by atoms with E-state index in [4.69, 9.17) is 9.84 Å². The SMILES string of the molecule is Cc1cc(SCC(=O)NCCOCCO)c(C)cc1Br. The van der Waals surface area contributed by atoms with Gasteiger partial charge in [-0.1, -0.05) is 15.9 Å². The average Bonchev–Trinajstić information content (AvgIpc) is 2.41. The van der Waals surface area contributed by atoms with E-state index in [1.807, 2.05) is 13.8 Å². The van der Waals surface area contributed by atoms with Crippen molar-refractivity contribution in [3.8, 4) is 0 Å². The molecule has 20 heavy (non-hydrogen) atoms. The molecule has 0 radical (unpaired) electrons. The number of hydrogen-bond donors (Lipinski definition) is 2. The number of carbonyl (C=O) groups excluding carboxylic acids is 1. The molecule has 6 heteroatoms. The molecule has 1 aromatic carbocycles. The largest absolute Gasteiger partial charge is 0.394 e. The van der Waals surface area contributed by atoms with Crippen LogP contribution >= 0.6 is 27.7 Å². The zero-order valence-corrected chi connectivity index (χ0v) is 14.1. The van der Waals surface area contributed by atoms with E-state index in [0.29, 0.717) is 25.5 Å². The smallest absolute Gasteiger partial charge is 0.230 e. The number of amides is 1. The number of aliphatic hydroxyl groups is 1. The molecule has 0 aromatic heterocycles. The number of halogens is 1. The van der Waals surface area contributed by atoms with E-state index in [9.17, 15) is 4.79 Å². The predicted octanol–water partition coefficient (Wildman–Crippen LogP) is 2.28. The Hall–Kier alpha value is -0.560. The molecule has 2 N–H and O–H groups in total. The molecule has 0 unspecified atom stereocenters. The van der Waals surface area contributed by atoms with Crippen LogP contribution in [-0.4, -0.2) is 43.1 Å². The number of benzene rings is 1. The molecular formula is C14H20BrNO3S. The fraction of sp³-hybridized carbons (Fsp3) is 0.500. The summed E-state index contributed by atoms with van der Waals surface area (Å²) in [6, 6.07) is 4.15. The van der Waals surface area contributed by atoms with Crippen molar-refractivity contribution in [2.24, 2.45) is 0 Å². The summed E-state index contributed by atoms with van der Waals surface area (Å²) in [6.45, 7) is 5.28. The van der Waals surface area contributed by atoms with E-state index in [0.717, 1.165) is 20.5 Å². The Balaban J connectivity index is 2.32. The van der Waals surface area contributed by atoms with Crippen LogP contribution in [0.15, 0.2) is 21.5 Å². The summed E-state index contributed by atoms with van der Waals surface area (Å²) in [7, 11) is 0. The fourth-order valence-electron chi connectivity index (χ4n) is 1.53. The van der Waals surface area contributed by atoms with Gasteiger partial charge in [-0.25, -0.2) is 0 Å². The van der Waals surface area contributed by atoms with Crippen LogP contribution in [0.3, 0.4) is 0 Å². The number of nitrogens with one attached hydrogen (secondary N) is 1. The van der Waals surface area contributed by atoms with Gasteiger partial charge in [0.2, 0.25) is 5.91 Å². The third kappa shape index (κ3) is 6.26. The van der Waals surface area contributed by atoms with Crippen LogP contribution in [-0.2, 0) is 9.53 Å². The summed E-state index contributed by atoms with van der Waals surface area (Å²) in [5.41, 5.74) is 2.32. The average molecular weight is 362 g/mol. The minimum atomic E-state index is -0.0115. The zero-order valence-electron chi connectivity index (χ0n) is 11.7.